The van der Waals surface area contributed by atoms with Crippen LogP contribution in [0.3, 0.4) is 0 Å². The number of carbonyl (C=O) groups is 1. The SMILES string of the molecule is CC(=O)Nc1c2c(nc3c1CCC3O)CCC2. The van der Waals surface area contributed by atoms with E-state index in [1.165, 1.54) is 12.5 Å². The van der Waals surface area contributed by atoms with Crippen molar-refractivity contribution in [1.82, 2.24) is 4.98 Å². The first-order chi connectivity index (χ1) is 8.16. The van der Waals surface area contributed by atoms with E-state index in [-0.39, 0.29) is 5.91 Å². The van der Waals surface area contributed by atoms with E-state index in [2.05, 4.69) is 10.3 Å². The summed E-state index contributed by atoms with van der Waals surface area (Å²) in [6, 6.07) is 0. The van der Waals surface area contributed by atoms with Crippen molar-refractivity contribution in [2.45, 2.75) is 45.1 Å². The molecule has 17 heavy (non-hydrogen) atoms. The van der Waals surface area contributed by atoms with Gasteiger partial charge < -0.3 is 10.4 Å². The summed E-state index contributed by atoms with van der Waals surface area (Å²) in [5.74, 6) is -0.0473. The molecule has 0 radical (unpaired) electrons. The van der Waals surface area contributed by atoms with Crippen LogP contribution >= 0.6 is 0 Å². The topological polar surface area (TPSA) is 62.2 Å². The first kappa shape index (κ1) is 10.7. The smallest absolute Gasteiger partial charge is 0.221 e. The number of aliphatic hydroxyl groups excluding tert-OH is 1. The van der Waals surface area contributed by atoms with Gasteiger partial charge in [-0.2, -0.15) is 0 Å². The number of fused-ring (bicyclic) bond motifs is 2. The lowest BCUT2D eigenvalue weighted by Crippen LogP contribution is -2.12. The summed E-state index contributed by atoms with van der Waals surface area (Å²) in [6.45, 7) is 1.53. The van der Waals surface area contributed by atoms with E-state index >= 15 is 0 Å². The normalized spacial score (nSPS) is 21.2. The number of nitrogens with zero attached hydrogens (tertiary/aromatic N) is 1. The number of aryl methyl sites for hydroxylation is 1. The van der Waals surface area contributed by atoms with Gasteiger partial charge in [0.25, 0.3) is 0 Å². The van der Waals surface area contributed by atoms with Crippen molar-refractivity contribution in [3.63, 3.8) is 0 Å². The second kappa shape index (κ2) is 3.81. The van der Waals surface area contributed by atoms with E-state index in [1.54, 1.807) is 0 Å². The first-order valence-corrected chi connectivity index (χ1v) is 6.17. The molecule has 4 heteroatoms. The third-order valence-corrected chi connectivity index (χ3v) is 3.64. The number of pyridine rings is 1. The Kier molecular flexibility index (Phi) is 2.40. The van der Waals surface area contributed by atoms with Crippen LogP contribution in [0.15, 0.2) is 0 Å². The third-order valence-electron chi connectivity index (χ3n) is 3.64. The van der Waals surface area contributed by atoms with Gasteiger partial charge in [-0.25, -0.2) is 0 Å². The van der Waals surface area contributed by atoms with Crippen molar-refractivity contribution < 1.29 is 9.90 Å². The molecule has 2 N–H and O–H groups in total. The van der Waals surface area contributed by atoms with E-state index in [0.717, 1.165) is 54.7 Å². The Morgan fingerprint density at radius 3 is 2.94 bits per heavy atom. The molecule has 0 bridgehead atoms. The summed E-state index contributed by atoms with van der Waals surface area (Å²) in [4.78, 5) is 15.9. The molecule has 0 aliphatic heterocycles. The fraction of sp³-hybridized carbons (Fsp3) is 0.538. The number of aliphatic hydroxyl groups is 1. The van der Waals surface area contributed by atoms with Crippen LogP contribution in [0.1, 0.15) is 48.4 Å². The van der Waals surface area contributed by atoms with Gasteiger partial charge in [-0.1, -0.05) is 0 Å². The molecule has 0 saturated carbocycles. The molecule has 1 atom stereocenters. The second-order valence-corrected chi connectivity index (χ2v) is 4.87. The maximum atomic E-state index is 11.3. The van der Waals surface area contributed by atoms with E-state index < -0.39 is 6.10 Å². The highest BCUT2D eigenvalue weighted by molar-refractivity contribution is 5.91. The van der Waals surface area contributed by atoms with Gasteiger partial charge in [0.05, 0.1) is 17.5 Å². The number of nitrogens with one attached hydrogen (secondary N) is 1. The molecular weight excluding hydrogens is 216 g/mol. The first-order valence-electron chi connectivity index (χ1n) is 6.17. The monoisotopic (exact) mass is 232 g/mol. The van der Waals surface area contributed by atoms with Crippen LogP contribution in [-0.4, -0.2) is 16.0 Å². The van der Waals surface area contributed by atoms with Crippen LogP contribution in [-0.2, 0) is 24.1 Å². The molecule has 4 nitrogen and oxygen atoms in total. The molecular formula is C13H16N2O2. The van der Waals surface area contributed by atoms with Crippen LogP contribution in [0.4, 0.5) is 5.69 Å². The lowest BCUT2D eigenvalue weighted by atomic mass is 10.1. The largest absolute Gasteiger partial charge is 0.387 e. The molecule has 1 aromatic rings. The molecule has 1 aromatic heterocycles. The van der Waals surface area contributed by atoms with Gasteiger partial charge in [-0.05, 0) is 37.7 Å². The Morgan fingerprint density at radius 1 is 1.35 bits per heavy atom. The van der Waals surface area contributed by atoms with Crippen LogP contribution in [0.5, 0.6) is 0 Å². The molecule has 0 saturated heterocycles. The average molecular weight is 232 g/mol. The van der Waals surface area contributed by atoms with Crippen molar-refractivity contribution in [2.24, 2.45) is 0 Å². The highest BCUT2D eigenvalue weighted by Gasteiger charge is 2.30. The van der Waals surface area contributed by atoms with E-state index in [1.807, 2.05) is 0 Å². The van der Waals surface area contributed by atoms with Gasteiger partial charge in [0.2, 0.25) is 5.91 Å². The molecule has 1 heterocycles. The summed E-state index contributed by atoms with van der Waals surface area (Å²) in [7, 11) is 0. The standard InChI is InChI=1S/C13H16N2O2/c1-7(16)14-12-8-3-2-4-10(8)15-13-9(12)5-6-11(13)17/h11,17H,2-6H2,1H3,(H,14,15,16). The number of hydrogen-bond acceptors (Lipinski definition) is 3. The summed E-state index contributed by atoms with van der Waals surface area (Å²) < 4.78 is 0. The number of amides is 1. The Balaban J connectivity index is 2.17. The number of anilines is 1. The highest BCUT2D eigenvalue weighted by Crippen LogP contribution is 2.40. The number of rotatable bonds is 1. The minimum atomic E-state index is -0.455. The van der Waals surface area contributed by atoms with E-state index in [4.69, 9.17) is 0 Å². The zero-order valence-electron chi connectivity index (χ0n) is 9.92. The highest BCUT2D eigenvalue weighted by atomic mass is 16.3. The zero-order valence-corrected chi connectivity index (χ0v) is 9.92. The lowest BCUT2D eigenvalue weighted by molar-refractivity contribution is -0.114. The van der Waals surface area contributed by atoms with Gasteiger partial charge in [-0.3, -0.25) is 9.78 Å². The van der Waals surface area contributed by atoms with E-state index in [9.17, 15) is 9.90 Å². The molecule has 3 rings (SSSR count). The van der Waals surface area contributed by atoms with Gasteiger partial charge in [0.15, 0.2) is 0 Å². The molecule has 0 aromatic carbocycles. The summed E-state index contributed by atoms with van der Waals surface area (Å²) in [6.07, 6.45) is 4.12. The summed E-state index contributed by atoms with van der Waals surface area (Å²) >= 11 is 0. The molecule has 0 spiro atoms. The Hall–Kier alpha value is -1.42. The van der Waals surface area contributed by atoms with Crippen LogP contribution < -0.4 is 5.32 Å². The van der Waals surface area contributed by atoms with E-state index in [0.29, 0.717) is 0 Å². The Morgan fingerprint density at radius 2 is 2.18 bits per heavy atom. The minimum Gasteiger partial charge on any atom is -0.387 e. The molecule has 2 aliphatic rings. The van der Waals surface area contributed by atoms with Gasteiger partial charge in [0.1, 0.15) is 0 Å². The van der Waals surface area contributed by atoms with Gasteiger partial charge in [-0.15, -0.1) is 0 Å². The summed E-state index contributed by atoms with van der Waals surface area (Å²) in [5, 5.41) is 12.8. The fourth-order valence-corrected chi connectivity index (χ4v) is 2.92. The van der Waals surface area contributed by atoms with Crippen molar-refractivity contribution in [1.29, 1.82) is 0 Å². The van der Waals surface area contributed by atoms with Crippen molar-refractivity contribution >= 4 is 11.6 Å². The van der Waals surface area contributed by atoms with Crippen LogP contribution in [0, 0.1) is 0 Å². The molecule has 1 amide bonds. The maximum absolute atomic E-state index is 11.3. The number of hydrogen-bond donors (Lipinski definition) is 2. The molecule has 1 unspecified atom stereocenters. The Labute approximate surface area is 100 Å². The molecule has 0 fully saturated rings. The zero-order chi connectivity index (χ0) is 12.0. The minimum absolute atomic E-state index is 0.0473. The fourth-order valence-electron chi connectivity index (χ4n) is 2.92. The predicted molar refractivity (Wildman–Crippen MR) is 63.8 cm³/mol. The quantitative estimate of drug-likeness (QED) is 0.771. The van der Waals surface area contributed by atoms with Crippen molar-refractivity contribution in [2.75, 3.05) is 5.32 Å². The van der Waals surface area contributed by atoms with Crippen LogP contribution in [0.25, 0.3) is 0 Å². The number of aromatic nitrogens is 1. The third kappa shape index (κ3) is 1.63. The lowest BCUT2D eigenvalue weighted by Gasteiger charge is -2.14. The van der Waals surface area contributed by atoms with Gasteiger partial charge in [0, 0.05) is 18.2 Å². The molecule has 90 valence electrons. The van der Waals surface area contributed by atoms with Crippen molar-refractivity contribution in [3.8, 4) is 0 Å². The van der Waals surface area contributed by atoms with Crippen LogP contribution in [0.2, 0.25) is 0 Å². The molecule has 2 aliphatic carbocycles. The second-order valence-electron chi connectivity index (χ2n) is 4.87. The maximum Gasteiger partial charge on any atom is 0.221 e. The summed E-state index contributed by atoms with van der Waals surface area (Å²) in [5.41, 5.74) is 5.02. The predicted octanol–water partition coefficient (Wildman–Crippen LogP) is 1.51. The average Bonchev–Trinajstić information content (AvgIpc) is 2.86. The number of carbonyl (C=O) groups excluding carboxylic acids is 1. The Bertz CT molecular complexity index is 497. The van der Waals surface area contributed by atoms with Gasteiger partial charge >= 0.3 is 0 Å². The van der Waals surface area contributed by atoms with Crippen molar-refractivity contribution in [3.05, 3.63) is 22.5 Å².